The molecule has 2 N–H and O–H groups in total. The number of hydrogen-bond donors (Lipinski definition) is 1. The van der Waals surface area contributed by atoms with Crippen LogP contribution in [0.3, 0.4) is 0 Å². The van der Waals surface area contributed by atoms with Gasteiger partial charge in [0, 0.05) is 19.1 Å². The zero-order valence-electron chi connectivity index (χ0n) is 11.8. The van der Waals surface area contributed by atoms with Crippen LogP contribution in [0.15, 0.2) is 12.2 Å². The molecule has 3 nitrogen and oxygen atoms in total. The highest BCUT2D eigenvalue weighted by Gasteiger charge is 2.38. The van der Waals surface area contributed by atoms with Gasteiger partial charge in [-0.3, -0.25) is 4.79 Å². The van der Waals surface area contributed by atoms with Crippen molar-refractivity contribution >= 4 is 5.91 Å². The van der Waals surface area contributed by atoms with Gasteiger partial charge in [-0.15, -0.1) is 0 Å². The third kappa shape index (κ3) is 2.71. The van der Waals surface area contributed by atoms with Crippen molar-refractivity contribution in [2.75, 3.05) is 13.1 Å². The molecule has 2 fully saturated rings. The van der Waals surface area contributed by atoms with Crippen molar-refractivity contribution in [2.45, 2.75) is 57.4 Å². The van der Waals surface area contributed by atoms with Crippen LogP contribution in [0.2, 0.25) is 0 Å². The Hall–Kier alpha value is -0.830. The van der Waals surface area contributed by atoms with Crippen LogP contribution in [0.25, 0.3) is 0 Å². The first-order valence-electron chi connectivity index (χ1n) is 7.91. The number of amides is 1. The fourth-order valence-electron chi connectivity index (χ4n) is 4.15. The van der Waals surface area contributed by atoms with E-state index < -0.39 is 0 Å². The van der Waals surface area contributed by atoms with E-state index >= 15 is 0 Å². The van der Waals surface area contributed by atoms with Crippen LogP contribution in [0.1, 0.15) is 51.4 Å². The fraction of sp³-hybridized carbons (Fsp3) is 0.812. The zero-order chi connectivity index (χ0) is 13.3. The summed E-state index contributed by atoms with van der Waals surface area (Å²) in [6.07, 6.45) is 14.2. The van der Waals surface area contributed by atoms with Gasteiger partial charge in [0.15, 0.2) is 0 Å². The minimum Gasteiger partial charge on any atom is -0.342 e. The van der Waals surface area contributed by atoms with Gasteiger partial charge < -0.3 is 10.6 Å². The topological polar surface area (TPSA) is 46.3 Å². The number of rotatable bonds is 1. The fourth-order valence-corrected chi connectivity index (χ4v) is 4.15. The molecule has 1 aliphatic heterocycles. The van der Waals surface area contributed by atoms with Crippen molar-refractivity contribution in [3.63, 3.8) is 0 Å². The van der Waals surface area contributed by atoms with Crippen LogP contribution in [0.4, 0.5) is 0 Å². The van der Waals surface area contributed by atoms with E-state index in [2.05, 4.69) is 4.90 Å². The van der Waals surface area contributed by atoms with Crippen molar-refractivity contribution in [1.29, 1.82) is 0 Å². The molecule has 0 aromatic rings. The highest BCUT2D eigenvalue weighted by atomic mass is 16.2. The lowest BCUT2D eigenvalue weighted by Crippen LogP contribution is -2.45. The molecule has 0 aromatic heterocycles. The summed E-state index contributed by atoms with van der Waals surface area (Å²) in [7, 11) is 0. The molecule has 19 heavy (non-hydrogen) atoms. The Morgan fingerprint density at radius 1 is 1.05 bits per heavy atom. The molecule has 1 heterocycles. The second-order valence-electron chi connectivity index (χ2n) is 6.78. The number of nitrogens with two attached hydrogens (primary N) is 1. The highest BCUT2D eigenvalue weighted by Crippen LogP contribution is 2.44. The summed E-state index contributed by atoms with van der Waals surface area (Å²) in [4.78, 5) is 14.5. The van der Waals surface area contributed by atoms with Crippen molar-refractivity contribution in [1.82, 2.24) is 4.90 Å². The van der Waals surface area contributed by atoms with Gasteiger partial charge in [-0.1, -0.05) is 31.4 Å². The van der Waals surface area contributed by atoms with E-state index in [4.69, 9.17) is 5.73 Å². The van der Waals surface area contributed by atoms with Gasteiger partial charge in [0.05, 0.1) is 5.92 Å². The third-order valence-electron chi connectivity index (χ3n) is 5.48. The Morgan fingerprint density at radius 2 is 1.74 bits per heavy atom. The largest absolute Gasteiger partial charge is 0.342 e. The van der Waals surface area contributed by atoms with Crippen LogP contribution in [0.5, 0.6) is 0 Å². The normalized spacial score (nSPS) is 33.8. The highest BCUT2D eigenvalue weighted by molar-refractivity contribution is 5.81. The Morgan fingerprint density at radius 3 is 2.32 bits per heavy atom. The maximum Gasteiger partial charge on any atom is 0.229 e. The Bertz CT molecular complexity index is 361. The summed E-state index contributed by atoms with van der Waals surface area (Å²) in [5.41, 5.74) is 6.43. The Kier molecular flexibility index (Phi) is 3.66. The molecule has 1 amide bonds. The molecule has 1 saturated carbocycles. The van der Waals surface area contributed by atoms with Crippen LogP contribution < -0.4 is 5.73 Å². The van der Waals surface area contributed by atoms with Crippen molar-refractivity contribution < 1.29 is 4.79 Å². The first-order chi connectivity index (χ1) is 9.19. The number of likely N-dealkylation sites (tertiary alicyclic amines) is 1. The van der Waals surface area contributed by atoms with Gasteiger partial charge in [-0.05, 0) is 37.5 Å². The molecular formula is C16H26N2O. The number of piperidine rings is 1. The second kappa shape index (κ2) is 5.28. The van der Waals surface area contributed by atoms with E-state index in [0.717, 1.165) is 19.5 Å². The lowest BCUT2D eigenvalue weighted by molar-refractivity contribution is -0.136. The molecule has 1 spiro atoms. The van der Waals surface area contributed by atoms with E-state index in [9.17, 15) is 4.79 Å². The van der Waals surface area contributed by atoms with Gasteiger partial charge in [0.1, 0.15) is 0 Å². The first kappa shape index (κ1) is 13.2. The van der Waals surface area contributed by atoms with E-state index in [1.165, 1.54) is 44.9 Å². The monoisotopic (exact) mass is 262 g/mol. The Balaban J connectivity index is 1.55. The van der Waals surface area contributed by atoms with Crippen molar-refractivity contribution in [2.24, 2.45) is 17.1 Å². The second-order valence-corrected chi connectivity index (χ2v) is 6.78. The lowest BCUT2D eigenvalue weighted by Gasteiger charge is -2.44. The van der Waals surface area contributed by atoms with Crippen molar-refractivity contribution in [3.8, 4) is 0 Å². The average molecular weight is 262 g/mol. The standard InChI is InChI=1S/C16H26N2O/c17-14-5-4-13(12-14)15(19)18-10-8-16(9-11-18)6-2-1-3-7-16/h4-5,13-14H,1-3,6-12,17H2. The average Bonchev–Trinajstić information content (AvgIpc) is 2.87. The molecule has 3 heteroatoms. The summed E-state index contributed by atoms with van der Waals surface area (Å²) in [6, 6.07) is 0.0865. The molecule has 3 aliphatic rings. The molecule has 2 aliphatic carbocycles. The molecule has 106 valence electrons. The molecular weight excluding hydrogens is 236 g/mol. The predicted molar refractivity (Wildman–Crippen MR) is 76.6 cm³/mol. The van der Waals surface area contributed by atoms with E-state index in [0.29, 0.717) is 11.3 Å². The molecule has 2 unspecified atom stereocenters. The van der Waals surface area contributed by atoms with Gasteiger partial charge in [-0.2, -0.15) is 0 Å². The smallest absolute Gasteiger partial charge is 0.229 e. The number of hydrogen-bond acceptors (Lipinski definition) is 2. The van der Waals surface area contributed by atoms with Gasteiger partial charge in [-0.25, -0.2) is 0 Å². The predicted octanol–water partition coefficient (Wildman–Crippen LogP) is 2.46. The van der Waals surface area contributed by atoms with E-state index in [1.807, 2.05) is 12.2 Å². The minimum atomic E-state index is 0.0513. The van der Waals surface area contributed by atoms with Gasteiger partial charge in [0.2, 0.25) is 5.91 Å². The van der Waals surface area contributed by atoms with Crippen LogP contribution >= 0.6 is 0 Å². The number of nitrogens with zero attached hydrogens (tertiary/aromatic N) is 1. The molecule has 0 aromatic carbocycles. The maximum absolute atomic E-state index is 12.4. The summed E-state index contributed by atoms with van der Waals surface area (Å²) >= 11 is 0. The van der Waals surface area contributed by atoms with Crippen LogP contribution in [-0.4, -0.2) is 29.9 Å². The first-order valence-corrected chi connectivity index (χ1v) is 7.91. The molecule has 0 bridgehead atoms. The summed E-state index contributed by atoms with van der Waals surface area (Å²) < 4.78 is 0. The quantitative estimate of drug-likeness (QED) is 0.738. The summed E-state index contributed by atoms with van der Waals surface area (Å²) in [6.45, 7) is 1.94. The minimum absolute atomic E-state index is 0.0513. The summed E-state index contributed by atoms with van der Waals surface area (Å²) in [5, 5.41) is 0. The summed E-state index contributed by atoms with van der Waals surface area (Å²) in [5.74, 6) is 0.366. The van der Waals surface area contributed by atoms with E-state index in [-0.39, 0.29) is 12.0 Å². The van der Waals surface area contributed by atoms with Gasteiger partial charge in [0.25, 0.3) is 0 Å². The van der Waals surface area contributed by atoms with Gasteiger partial charge >= 0.3 is 0 Å². The SMILES string of the molecule is NC1C=CC(C(=O)N2CCC3(CCCCC3)CC2)C1. The molecule has 0 radical (unpaired) electrons. The maximum atomic E-state index is 12.4. The molecule has 2 atom stereocenters. The molecule has 3 rings (SSSR count). The Labute approximate surface area is 116 Å². The number of carbonyl (C=O) groups excluding carboxylic acids is 1. The van der Waals surface area contributed by atoms with E-state index in [1.54, 1.807) is 0 Å². The zero-order valence-corrected chi connectivity index (χ0v) is 11.8. The lowest BCUT2D eigenvalue weighted by atomic mass is 9.68. The third-order valence-corrected chi connectivity index (χ3v) is 5.48. The van der Waals surface area contributed by atoms with Crippen LogP contribution in [-0.2, 0) is 4.79 Å². The molecule has 1 saturated heterocycles. The number of carbonyl (C=O) groups is 1. The van der Waals surface area contributed by atoms with Crippen molar-refractivity contribution in [3.05, 3.63) is 12.2 Å². The van der Waals surface area contributed by atoms with Crippen LogP contribution in [0, 0.1) is 11.3 Å².